The van der Waals surface area contributed by atoms with E-state index >= 15 is 0 Å². The molecule has 0 rings (SSSR count). The van der Waals surface area contributed by atoms with E-state index in [4.69, 9.17) is 5.11 Å². The Hall–Kier alpha value is -0.990. The molecule has 0 aliphatic rings. The molecule has 0 unspecified atom stereocenters. The molecular formula is C19H32F6O3. The van der Waals surface area contributed by atoms with Crippen LogP contribution in [-0.4, -0.2) is 35.6 Å². The quantitative estimate of drug-likeness (QED) is 0.187. The van der Waals surface area contributed by atoms with Gasteiger partial charge in [-0.1, -0.05) is 84.0 Å². The van der Waals surface area contributed by atoms with Crippen molar-refractivity contribution in [1.29, 1.82) is 0 Å². The zero-order valence-electron chi connectivity index (χ0n) is 16.4. The van der Waals surface area contributed by atoms with Crippen LogP contribution in [0, 0.1) is 0 Å². The number of carbonyl (C=O) groups is 1. The second kappa shape index (κ2) is 13.3. The molecular weight excluding hydrogens is 390 g/mol. The molecule has 0 saturated heterocycles. The highest BCUT2D eigenvalue weighted by Gasteiger charge is 2.76. The van der Waals surface area contributed by atoms with Gasteiger partial charge in [0.15, 0.2) is 0 Å². The van der Waals surface area contributed by atoms with Gasteiger partial charge in [0.05, 0.1) is 6.61 Å². The number of aliphatic hydroxyl groups is 1. The second-order valence-electron chi connectivity index (χ2n) is 7.08. The zero-order valence-corrected chi connectivity index (χ0v) is 16.4. The molecule has 1 N–H and O–H groups in total. The van der Waals surface area contributed by atoms with Gasteiger partial charge in [-0.05, 0) is 6.42 Å². The average molecular weight is 422 g/mol. The molecule has 0 fully saturated rings. The van der Waals surface area contributed by atoms with Crippen molar-refractivity contribution in [3.8, 4) is 0 Å². The third-order valence-electron chi connectivity index (χ3n) is 4.60. The summed E-state index contributed by atoms with van der Waals surface area (Å²) in [4.78, 5) is 11.2. The number of unbranched alkanes of at least 4 members (excludes halogenated alkanes) is 12. The molecule has 0 spiro atoms. The molecule has 0 atom stereocenters. The van der Waals surface area contributed by atoms with E-state index < -0.39 is 30.5 Å². The molecule has 0 aromatic heterocycles. The van der Waals surface area contributed by atoms with E-state index in [0.717, 1.165) is 32.1 Å². The Balaban J connectivity index is 3.79. The van der Waals surface area contributed by atoms with Gasteiger partial charge in [0.25, 0.3) is 0 Å². The topological polar surface area (TPSA) is 46.5 Å². The van der Waals surface area contributed by atoms with Crippen molar-refractivity contribution in [1.82, 2.24) is 0 Å². The summed E-state index contributed by atoms with van der Waals surface area (Å²) in [6.45, 7) is 1.58. The van der Waals surface area contributed by atoms with Crippen molar-refractivity contribution in [3.05, 3.63) is 0 Å². The minimum absolute atomic E-state index is 0.148. The number of alkyl halides is 6. The summed E-state index contributed by atoms with van der Waals surface area (Å²) in [5.41, 5.74) is -5.49. The van der Waals surface area contributed by atoms with Crippen LogP contribution in [-0.2, 0) is 9.53 Å². The Labute approximate surface area is 162 Å². The molecule has 28 heavy (non-hydrogen) atoms. The number of carbonyl (C=O) groups excluding carboxylic acids is 1. The average Bonchev–Trinajstić information content (AvgIpc) is 2.59. The maximum Gasteiger partial charge on any atom is 0.437 e. The SMILES string of the molecule is CCCCCCCCCCCCCCCOC(=O)C(O)(C(F)(F)F)C(F)(F)F. The predicted octanol–water partition coefficient (Wildman–Crippen LogP) is 6.48. The van der Waals surface area contributed by atoms with Crippen LogP contribution >= 0.6 is 0 Å². The van der Waals surface area contributed by atoms with Gasteiger partial charge in [0.1, 0.15) is 0 Å². The Morgan fingerprint density at radius 1 is 0.679 bits per heavy atom. The fourth-order valence-electron chi connectivity index (χ4n) is 2.78. The van der Waals surface area contributed by atoms with Gasteiger partial charge < -0.3 is 9.84 Å². The van der Waals surface area contributed by atoms with Crippen molar-refractivity contribution in [2.75, 3.05) is 6.61 Å². The first-order chi connectivity index (χ1) is 13.0. The van der Waals surface area contributed by atoms with Crippen LogP contribution in [0.15, 0.2) is 0 Å². The van der Waals surface area contributed by atoms with E-state index in [0.29, 0.717) is 6.42 Å². The lowest BCUT2D eigenvalue weighted by Gasteiger charge is -2.29. The summed E-state index contributed by atoms with van der Waals surface area (Å²) in [6.07, 6.45) is 0.762. The van der Waals surface area contributed by atoms with Crippen LogP contribution in [0.4, 0.5) is 26.3 Å². The van der Waals surface area contributed by atoms with Crippen LogP contribution in [0.3, 0.4) is 0 Å². The molecule has 168 valence electrons. The van der Waals surface area contributed by atoms with E-state index in [1.807, 2.05) is 0 Å². The van der Waals surface area contributed by atoms with E-state index in [9.17, 15) is 31.1 Å². The molecule has 9 heteroatoms. The Kier molecular flexibility index (Phi) is 12.8. The Bertz CT molecular complexity index is 407. The number of esters is 1. The lowest BCUT2D eigenvalue weighted by molar-refractivity contribution is -0.356. The first-order valence-electron chi connectivity index (χ1n) is 10.0. The van der Waals surface area contributed by atoms with Gasteiger partial charge in [-0.3, -0.25) is 0 Å². The van der Waals surface area contributed by atoms with Crippen molar-refractivity contribution in [2.24, 2.45) is 0 Å². The van der Waals surface area contributed by atoms with Crippen LogP contribution < -0.4 is 0 Å². The summed E-state index contributed by atoms with van der Waals surface area (Å²) in [5, 5.41) is 8.83. The molecule has 3 nitrogen and oxygen atoms in total. The molecule has 0 radical (unpaired) electrons. The summed E-state index contributed by atoms with van der Waals surface area (Å²) in [5.74, 6) is -2.73. The monoisotopic (exact) mass is 422 g/mol. The largest absolute Gasteiger partial charge is 0.463 e. The Morgan fingerprint density at radius 3 is 1.32 bits per heavy atom. The summed E-state index contributed by atoms with van der Waals surface area (Å²) >= 11 is 0. The van der Waals surface area contributed by atoms with Crippen molar-refractivity contribution >= 4 is 5.97 Å². The molecule has 0 aliphatic carbocycles. The number of ether oxygens (including phenoxy) is 1. The lowest BCUT2D eigenvalue weighted by Crippen LogP contribution is -2.63. The minimum atomic E-state index is -6.20. The fraction of sp³-hybridized carbons (Fsp3) is 0.947. The first kappa shape index (κ1) is 27.0. The number of hydrogen-bond acceptors (Lipinski definition) is 3. The second-order valence-corrected chi connectivity index (χ2v) is 7.08. The van der Waals surface area contributed by atoms with E-state index in [1.54, 1.807) is 0 Å². The standard InChI is InChI=1S/C19H32F6O3/c1-2-3-4-5-6-7-8-9-10-11-12-13-14-15-28-16(26)17(27,18(20,21)22)19(23,24)25/h27H,2-15H2,1H3. The highest BCUT2D eigenvalue weighted by molar-refractivity contribution is 5.81. The highest BCUT2D eigenvalue weighted by Crippen LogP contribution is 2.43. The van der Waals surface area contributed by atoms with Gasteiger partial charge >= 0.3 is 23.9 Å². The van der Waals surface area contributed by atoms with Crippen molar-refractivity contribution in [3.63, 3.8) is 0 Å². The molecule has 0 amide bonds. The van der Waals surface area contributed by atoms with Crippen LogP contribution in [0.2, 0.25) is 0 Å². The third-order valence-corrected chi connectivity index (χ3v) is 4.60. The predicted molar refractivity (Wildman–Crippen MR) is 93.7 cm³/mol. The first-order valence-corrected chi connectivity index (χ1v) is 10.0. The van der Waals surface area contributed by atoms with Gasteiger partial charge in [0, 0.05) is 0 Å². The third kappa shape index (κ3) is 9.47. The van der Waals surface area contributed by atoms with E-state index in [1.165, 1.54) is 38.5 Å². The number of halogens is 6. The highest BCUT2D eigenvalue weighted by atomic mass is 19.4. The van der Waals surface area contributed by atoms with Gasteiger partial charge in [0.2, 0.25) is 0 Å². The molecule has 0 saturated carbocycles. The van der Waals surface area contributed by atoms with Gasteiger partial charge in [-0.15, -0.1) is 0 Å². The van der Waals surface area contributed by atoms with Crippen molar-refractivity contribution < 1.29 is 41.0 Å². The van der Waals surface area contributed by atoms with E-state index in [2.05, 4.69) is 11.7 Å². The van der Waals surface area contributed by atoms with Gasteiger partial charge in [-0.25, -0.2) is 4.79 Å². The smallest absolute Gasteiger partial charge is 0.437 e. The summed E-state index contributed by atoms with van der Waals surface area (Å²) in [7, 11) is 0. The van der Waals surface area contributed by atoms with Crippen molar-refractivity contribution in [2.45, 2.75) is 108 Å². The molecule has 0 aliphatic heterocycles. The normalized spacial score (nSPS) is 13.0. The summed E-state index contributed by atoms with van der Waals surface area (Å²) < 4.78 is 78.8. The van der Waals surface area contributed by atoms with E-state index in [-0.39, 0.29) is 6.42 Å². The fourth-order valence-corrected chi connectivity index (χ4v) is 2.78. The molecule has 0 heterocycles. The Morgan fingerprint density at radius 2 is 1.00 bits per heavy atom. The number of hydrogen-bond donors (Lipinski definition) is 1. The van der Waals surface area contributed by atoms with Crippen LogP contribution in [0.5, 0.6) is 0 Å². The molecule has 0 bridgehead atoms. The van der Waals surface area contributed by atoms with Crippen LogP contribution in [0.25, 0.3) is 0 Å². The lowest BCUT2D eigenvalue weighted by atomic mass is 10.0. The maximum atomic E-state index is 12.5. The van der Waals surface area contributed by atoms with Gasteiger partial charge in [-0.2, -0.15) is 26.3 Å². The molecule has 0 aromatic rings. The maximum absolute atomic E-state index is 12.5. The zero-order chi connectivity index (χ0) is 21.7. The van der Waals surface area contributed by atoms with Crippen LogP contribution in [0.1, 0.15) is 90.4 Å². The molecule has 0 aromatic carbocycles. The summed E-state index contributed by atoms with van der Waals surface area (Å²) in [6, 6.07) is 0. The number of rotatable bonds is 15. The minimum Gasteiger partial charge on any atom is -0.463 e.